The molecule has 0 radical (unpaired) electrons. The minimum atomic E-state index is -1.42. The maximum atomic E-state index is 11.1. The summed E-state index contributed by atoms with van der Waals surface area (Å²) in [6.45, 7) is 0. The SMILES string of the molecule is COc1ncc(Cl)cc1-c1cnc(SC)nc1C(O)C(O)c1nc(SC)ncc1Br. The van der Waals surface area contributed by atoms with Crippen LogP contribution >= 0.6 is 51.1 Å². The van der Waals surface area contributed by atoms with Crippen molar-refractivity contribution in [3.63, 3.8) is 0 Å². The molecule has 2 N–H and O–H groups in total. The van der Waals surface area contributed by atoms with Crippen molar-refractivity contribution in [2.45, 2.75) is 22.5 Å². The number of nitrogens with zero attached hydrogens (tertiary/aromatic N) is 5. The normalized spacial score (nSPS) is 13.2. The Kier molecular flexibility index (Phi) is 7.88. The lowest BCUT2D eigenvalue weighted by molar-refractivity contribution is 0.0110. The Morgan fingerprint density at radius 1 is 0.933 bits per heavy atom. The predicted octanol–water partition coefficient (Wildman–Crippen LogP) is 3.96. The molecule has 0 fully saturated rings. The summed E-state index contributed by atoms with van der Waals surface area (Å²) in [6, 6.07) is 1.64. The second-order valence-electron chi connectivity index (χ2n) is 5.85. The van der Waals surface area contributed by atoms with Crippen LogP contribution in [0.4, 0.5) is 0 Å². The molecule has 2 atom stereocenters. The highest BCUT2D eigenvalue weighted by atomic mass is 79.9. The van der Waals surface area contributed by atoms with E-state index in [1.54, 1.807) is 12.3 Å². The van der Waals surface area contributed by atoms with Gasteiger partial charge >= 0.3 is 0 Å². The first kappa shape index (κ1) is 23.2. The van der Waals surface area contributed by atoms with Gasteiger partial charge in [0.15, 0.2) is 10.3 Å². The number of rotatable bonds is 7. The van der Waals surface area contributed by atoms with Crippen molar-refractivity contribution in [2.24, 2.45) is 0 Å². The van der Waals surface area contributed by atoms with Gasteiger partial charge in [-0.05, 0) is 34.5 Å². The van der Waals surface area contributed by atoms with E-state index >= 15 is 0 Å². The highest BCUT2D eigenvalue weighted by Crippen LogP contribution is 2.39. The van der Waals surface area contributed by atoms with Gasteiger partial charge in [-0.2, -0.15) is 0 Å². The van der Waals surface area contributed by atoms with E-state index in [2.05, 4.69) is 40.8 Å². The number of ether oxygens (including phenoxy) is 1. The number of hydrogen-bond acceptors (Lipinski definition) is 10. The molecule has 12 heteroatoms. The number of hydrogen-bond donors (Lipinski definition) is 2. The van der Waals surface area contributed by atoms with Crippen LogP contribution < -0.4 is 4.74 Å². The van der Waals surface area contributed by atoms with Crippen LogP contribution in [0.15, 0.2) is 39.4 Å². The maximum Gasteiger partial charge on any atom is 0.221 e. The average Bonchev–Trinajstić information content (AvgIpc) is 2.78. The molecule has 3 rings (SSSR count). The summed E-state index contributed by atoms with van der Waals surface area (Å²) in [4.78, 5) is 21.4. The fourth-order valence-corrected chi connectivity index (χ4v) is 3.94. The Hall–Kier alpha value is -1.50. The standard InChI is InChI=1S/C18H17BrClN5O3S2/c1-28-16-9(4-8(20)5-21-16)10-6-22-17(29-2)24-12(10)14(26)15(27)13-11(19)7-23-18(25-13)30-3/h4-7,14-15,26-27H,1-3H3. The lowest BCUT2D eigenvalue weighted by Gasteiger charge is -2.21. The summed E-state index contributed by atoms with van der Waals surface area (Å²) in [5, 5.41) is 23.3. The van der Waals surface area contributed by atoms with Crippen molar-refractivity contribution in [3.05, 3.63) is 45.5 Å². The molecule has 2 unspecified atom stereocenters. The highest BCUT2D eigenvalue weighted by Gasteiger charge is 2.29. The van der Waals surface area contributed by atoms with Gasteiger partial charge in [0.1, 0.15) is 12.2 Å². The number of thioether (sulfide) groups is 2. The molecule has 0 saturated heterocycles. The molecule has 0 saturated carbocycles. The van der Waals surface area contributed by atoms with Gasteiger partial charge in [0.25, 0.3) is 0 Å². The molecule has 0 amide bonds. The third-order valence-electron chi connectivity index (χ3n) is 4.07. The molecule has 0 aliphatic carbocycles. The molecule has 0 bridgehead atoms. The first-order valence-electron chi connectivity index (χ1n) is 8.43. The lowest BCUT2D eigenvalue weighted by atomic mass is 9.99. The quantitative estimate of drug-likeness (QED) is 0.343. The van der Waals surface area contributed by atoms with Crippen LogP contribution in [-0.2, 0) is 0 Å². The molecule has 8 nitrogen and oxygen atoms in total. The van der Waals surface area contributed by atoms with E-state index in [1.165, 1.54) is 43.0 Å². The van der Waals surface area contributed by atoms with Crippen LogP contribution in [0.3, 0.4) is 0 Å². The molecule has 0 aliphatic heterocycles. The van der Waals surface area contributed by atoms with Gasteiger partial charge in [-0.15, -0.1) is 0 Å². The molecule has 158 valence electrons. The van der Waals surface area contributed by atoms with Gasteiger partial charge in [-0.3, -0.25) is 0 Å². The summed E-state index contributed by atoms with van der Waals surface area (Å²) in [5.74, 6) is 0.288. The first-order chi connectivity index (χ1) is 14.4. The Labute approximate surface area is 195 Å². The minimum absolute atomic E-state index is 0.195. The summed E-state index contributed by atoms with van der Waals surface area (Å²) >= 11 is 12.1. The summed E-state index contributed by atoms with van der Waals surface area (Å²) in [7, 11) is 1.48. The zero-order valence-corrected chi connectivity index (χ0v) is 20.1. The fourth-order valence-electron chi connectivity index (χ4n) is 2.66. The van der Waals surface area contributed by atoms with Crippen molar-refractivity contribution >= 4 is 51.1 Å². The zero-order chi connectivity index (χ0) is 21.8. The number of halogens is 2. The molecule has 3 aromatic rings. The lowest BCUT2D eigenvalue weighted by Crippen LogP contribution is -2.16. The van der Waals surface area contributed by atoms with E-state index in [1.807, 2.05) is 12.5 Å². The van der Waals surface area contributed by atoms with Gasteiger partial charge in [0.2, 0.25) is 5.88 Å². The summed E-state index contributed by atoms with van der Waals surface area (Å²) < 4.78 is 5.80. The van der Waals surface area contributed by atoms with Crippen LogP contribution in [0, 0.1) is 0 Å². The number of aliphatic hydroxyl groups is 2. The first-order valence-corrected chi connectivity index (χ1v) is 12.0. The minimum Gasteiger partial charge on any atom is -0.481 e. The Morgan fingerprint density at radius 2 is 1.53 bits per heavy atom. The number of pyridine rings is 1. The molecular weight excluding hydrogens is 514 g/mol. The third kappa shape index (κ3) is 4.87. The predicted molar refractivity (Wildman–Crippen MR) is 120 cm³/mol. The van der Waals surface area contributed by atoms with Crippen molar-refractivity contribution in [2.75, 3.05) is 19.6 Å². The van der Waals surface area contributed by atoms with E-state index in [9.17, 15) is 10.2 Å². The molecule has 3 heterocycles. The fraction of sp³-hybridized carbons (Fsp3) is 0.278. The third-order valence-corrected chi connectivity index (χ3v) is 6.01. The summed E-state index contributed by atoms with van der Waals surface area (Å²) in [5.41, 5.74) is 1.36. The molecular formula is C18H17BrClN5O3S2. The van der Waals surface area contributed by atoms with Crippen LogP contribution in [-0.4, -0.2) is 54.8 Å². The van der Waals surface area contributed by atoms with Crippen molar-refractivity contribution in [3.8, 4) is 17.0 Å². The maximum absolute atomic E-state index is 11.1. The van der Waals surface area contributed by atoms with Crippen molar-refractivity contribution in [1.29, 1.82) is 0 Å². The topological polar surface area (TPSA) is 114 Å². The number of methoxy groups -OCH3 is 1. The van der Waals surface area contributed by atoms with Gasteiger partial charge in [0.05, 0.1) is 28.0 Å². The largest absolute Gasteiger partial charge is 0.481 e. The Balaban J connectivity index is 2.14. The smallest absolute Gasteiger partial charge is 0.221 e. The molecule has 0 aromatic carbocycles. The second kappa shape index (κ2) is 10.2. The van der Waals surface area contributed by atoms with E-state index < -0.39 is 12.2 Å². The van der Waals surface area contributed by atoms with E-state index in [0.717, 1.165) is 0 Å². The monoisotopic (exact) mass is 529 g/mol. The molecule has 0 spiro atoms. The molecule has 0 aliphatic rings. The highest BCUT2D eigenvalue weighted by molar-refractivity contribution is 9.10. The Morgan fingerprint density at radius 3 is 2.17 bits per heavy atom. The van der Waals surface area contributed by atoms with E-state index in [4.69, 9.17) is 16.3 Å². The number of aliphatic hydroxyl groups excluding tert-OH is 2. The molecule has 3 aromatic heterocycles. The molecule has 30 heavy (non-hydrogen) atoms. The summed E-state index contributed by atoms with van der Waals surface area (Å²) in [6.07, 6.45) is 5.36. The van der Waals surface area contributed by atoms with E-state index in [0.29, 0.717) is 30.9 Å². The van der Waals surface area contributed by atoms with E-state index in [-0.39, 0.29) is 17.3 Å². The van der Waals surface area contributed by atoms with Crippen LogP contribution in [0.5, 0.6) is 5.88 Å². The van der Waals surface area contributed by atoms with Crippen LogP contribution in [0.2, 0.25) is 5.02 Å². The van der Waals surface area contributed by atoms with Gasteiger partial charge in [-0.25, -0.2) is 24.9 Å². The van der Waals surface area contributed by atoms with Crippen molar-refractivity contribution < 1.29 is 14.9 Å². The Bertz CT molecular complexity index is 1060. The van der Waals surface area contributed by atoms with Gasteiger partial charge in [-0.1, -0.05) is 35.1 Å². The second-order valence-corrected chi connectivity index (χ2v) is 8.68. The average molecular weight is 531 g/mol. The van der Waals surface area contributed by atoms with Crippen LogP contribution in [0.25, 0.3) is 11.1 Å². The van der Waals surface area contributed by atoms with Crippen LogP contribution in [0.1, 0.15) is 23.6 Å². The number of aromatic nitrogens is 5. The van der Waals surface area contributed by atoms with Gasteiger partial charge < -0.3 is 14.9 Å². The zero-order valence-electron chi connectivity index (χ0n) is 16.1. The van der Waals surface area contributed by atoms with Gasteiger partial charge in [0, 0.05) is 29.7 Å². The van der Waals surface area contributed by atoms with Crippen molar-refractivity contribution in [1.82, 2.24) is 24.9 Å².